The molecule has 0 aromatic carbocycles. The molecule has 0 bridgehead atoms. The lowest BCUT2D eigenvalue weighted by Crippen LogP contribution is -2.49. The molecule has 0 spiro atoms. The fourth-order valence-electron chi connectivity index (χ4n) is 2.75. The van der Waals surface area contributed by atoms with Crippen molar-refractivity contribution in [2.24, 2.45) is 5.92 Å². The first-order chi connectivity index (χ1) is 10.8. The average molecular weight is 317 g/mol. The quantitative estimate of drug-likeness (QED) is 0.847. The summed E-state index contributed by atoms with van der Waals surface area (Å²) in [6.07, 6.45) is 0. The van der Waals surface area contributed by atoms with Gasteiger partial charge in [-0.25, -0.2) is 4.68 Å². The Morgan fingerprint density at radius 2 is 2.04 bits per heavy atom. The highest BCUT2D eigenvalue weighted by molar-refractivity contribution is 5.10. The molecule has 0 amide bonds. The number of rotatable bonds is 4. The van der Waals surface area contributed by atoms with Gasteiger partial charge in [0, 0.05) is 37.4 Å². The zero-order valence-electron chi connectivity index (χ0n) is 14.1. The number of hydrogen-bond acceptors (Lipinski definition) is 6. The first kappa shape index (κ1) is 15.9. The van der Waals surface area contributed by atoms with Gasteiger partial charge in [0.1, 0.15) is 0 Å². The van der Waals surface area contributed by atoms with Gasteiger partial charge in [-0.2, -0.15) is 10.1 Å². The van der Waals surface area contributed by atoms with Gasteiger partial charge in [-0.1, -0.05) is 25.9 Å². The van der Waals surface area contributed by atoms with Crippen LogP contribution in [0.25, 0.3) is 0 Å². The Morgan fingerprint density at radius 1 is 1.30 bits per heavy atom. The molecule has 1 aliphatic heterocycles. The van der Waals surface area contributed by atoms with Crippen molar-refractivity contribution in [1.82, 2.24) is 24.8 Å². The van der Waals surface area contributed by atoms with E-state index in [0.717, 1.165) is 18.8 Å². The standard InChI is InChI=1S/C16H23N5O2/c1-11-17-14(19-23-11)10-20-7-12(8-20)9-21-15(22)6-5-13(18-21)16(2,3)4/h5-6,12H,7-10H2,1-4H3. The molecular formula is C16H23N5O2. The fourth-order valence-corrected chi connectivity index (χ4v) is 2.75. The second kappa shape index (κ2) is 5.88. The summed E-state index contributed by atoms with van der Waals surface area (Å²) < 4.78 is 6.57. The summed E-state index contributed by atoms with van der Waals surface area (Å²) in [5, 5.41) is 8.43. The molecule has 2 aromatic heterocycles. The van der Waals surface area contributed by atoms with Crippen LogP contribution in [-0.4, -0.2) is 37.9 Å². The second-order valence-electron chi connectivity index (χ2n) is 7.28. The van der Waals surface area contributed by atoms with Crippen molar-refractivity contribution in [1.29, 1.82) is 0 Å². The van der Waals surface area contributed by atoms with Gasteiger partial charge in [-0.3, -0.25) is 9.69 Å². The van der Waals surface area contributed by atoms with Gasteiger partial charge in [-0.15, -0.1) is 0 Å². The van der Waals surface area contributed by atoms with Crippen molar-refractivity contribution in [2.45, 2.75) is 46.2 Å². The van der Waals surface area contributed by atoms with Crippen molar-refractivity contribution in [2.75, 3.05) is 13.1 Å². The van der Waals surface area contributed by atoms with Crippen molar-refractivity contribution in [3.05, 3.63) is 39.9 Å². The highest BCUT2D eigenvalue weighted by atomic mass is 16.5. The maximum Gasteiger partial charge on any atom is 0.266 e. The van der Waals surface area contributed by atoms with Crippen molar-refractivity contribution in [3.8, 4) is 0 Å². The topological polar surface area (TPSA) is 77.1 Å². The summed E-state index contributed by atoms with van der Waals surface area (Å²) in [6.45, 7) is 11.3. The maximum absolute atomic E-state index is 12.0. The number of likely N-dealkylation sites (tertiary alicyclic amines) is 1. The second-order valence-corrected chi connectivity index (χ2v) is 7.28. The molecule has 23 heavy (non-hydrogen) atoms. The molecule has 0 radical (unpaired) electrons. The molecule has 0 unspecified atom stereocenters. The largest absolute Gasteiger partial charge is 0.340 e. The van der Waals surface area contributed by atoms with Crippen LogP contribution in [0.15, 0.2) is 21.5 Å². The third-order valence-corrected chi connectivity index (χ3v) is 4.03. The number of nitrogens with zero attached hydrogens (tertiary/aromatic N) is 5. The number of hydrogen-bond donors (Lipinski definition) is 0. The lowest BCUT2D eigenvalue weighted by atomic mass is 9.92. The molecular weight excluding hydrogens is 294 g/mol. The molecule has 7 nitrogen and oxygen atoms in total. The van der Waals surface area contributed by atoms with E-state index in [2.05, 4.69) is 40.9 Å². The van der Waals surface area contributed by atoms with Crippen LogP contribution in [0, 0.1) is 12.8 Å². The van der Waals surface area contributed by atoms with Crippen LogP contribution < -0.4 is 5.56 Å². The van der Waals surface area contributed by atoms with E-state index in [1.165, 1.54) is 0 Å². The van der Waals surface area contributed by atoms with Gasteiger partial charge >= 0.3 is 0 Å². The monoisotopic (exact) mass is 317 g/mol. The van der Waals surface area contributed by atoms with Crippen LogP contribution in [0.4, 0.5) is 0 Å². The molecule has 0 atom stereocenters. The van der Waals surface area contributed by atoms with Gasteiger partial charge in [0.25, 0.3) is 5.56 Å². The summed E-state index contributed by atoms with van der Waals surface area (Å²) in [4.78, 5) is 18.5. The molecule has 3 heterocycles. The van der Waals surface area contributed by atoms with E-state index in [9.17, 15) is 4.79 Å². The van der Waals surface area contributed by atoms with Crippen LogP contribution in [0.5, 0.6) is 0 Å². The smallest absolute Gasteiger partial charge is 0.266 e. The zero-order chi connectivity index (χ0) is 16.6. The third kappa shape index (κ3) is 3.67. The summed E-state index contributed by atoms with van der Waals surface area (Å²) >= 11 is 0. The minimum Gasteiger partial charge on any atom is -0.340 e. The highest BCUT2D eigenvalue weighted by Crippen LogP contribution is 2.20. The highest BCUT2D eigenvalue weighted by Gasteiger charge is 2.29. The zero-order valence-corrected chi connectivity index (χ0v) is 14.1. The van der Waals surface area contributed by atoms with Gasteiger partial charge in [0.15, 0.2) is 5.82 Å². The van der Waals surface area contributed by atoms with Crippen molar-refractivity contribution >= 4 is 0 Å². The van der Waals surface area contributed by atoms with Crippen LogP contribution in [0.1, 0.15) is 38.2 Å². The van der Waals surface area contributed by atoms with Gasteiger partial charge in [0.2, 0.25) is 5.89 Å². The van der Waals surface area contributed by atoms with E-state index >= 15 is 0 Å². The molecule has 2 aromatic rings. The summed E-state index contributed by atoms with van der Waals surface area (Å²) in [7, 11) is 0. The molecule has 3 rings (SSSR count). The lowest BCUT2D eigenvalue weighted by molar-refractivity contribution is 0.0729. The Kier molecular flexibility index (Phi) is 4.06. The van der Waals surface area contributed by atoms with Crippen LogP contribution >= 0.6 is 0 Å². The minimum absolute atomic E-state index is 0.0368. The average Bonchev–Trinajstić information content (AvgIpc) is 2.82. The molecule has 0 saturated carbocycles. The summed E-state index contributed by atoms with van der Waals surface area (Å²) in [5.74, 6) is 1.74. The Morgan fingerprint density at radius 3 is 2.65 bits per heavy atom. The lowest BCUT2D eigenvalue weighted by Gasteiger charge is -2.38. The molecule has 124 valence electrons. The van der Waals surface area contributed by atoms with Crippen LogP contribution in [0.3, 0.4) is 0 Å². The van der Waals surface area contributed by atoms with Gasteiger partial charge in [0.05, 0.1) is 18.8 Å². The van der Waals surface area contributed by atoms with Gasteiger partial charge < -0.3 is 4.52 Å². The Hall–Kier alpha value is -2.02. The van der Waals surface area contributed by atoms with E-state index in [4.69, 9.17) is 4.52 Å². The Bertz CT molecular complexity index is 737. The summed E-state index contributed by atoms with van der Waals surface area (Å²) in [5.41, 5.74) is 0.846. The fraction of sp³-hybridized carbons (Fsp3) is 0.625. The van der Waals surface area contributed by atoms with Crippen LogP contribution in [0.2, 0.25) is 0 Å². The van der Waals surface area contributed by atoms with E-state index in [0.29, 0.717) is 30.7 Å². The van der Waals surface area contributed by atoms with E-state index in [-0.39, 0.29) is 11.0 Å². The SMILES string of the molecule is Cc1nc(CN2CC(Cn3nc(C(C)(C)C)ccc3=O)C2)no1. The number of aromatic nitrogens is 4. The van der Waals surface area contributed by atoms with E-state index in [1.54, 1.807) is 17.7 Å². The third-order valence-electron chi connectivity index (χ3n) is 4.03. The minimum atomic E-state index is -0.0580. The molecule has 1 aliphatic rings. The van der Waals surface area contributed by atoms with E-state index < -0.39 is 0 Å². The summed E-state index contributed by atoms with van der Waals surface area (Å²) in [6, 6.07) is 3.44. The predicted molar refractivity (Wildman–Crippen MR) is 85.0 cm³/mol. The Labute approximate surface area is 135 Å². The molecule has 1 saturated heterocycles. The van der Waals surface area contributed by atoms with Gasteiger partial charge in [-0.05, 0) is 6.07 Å². The predicted octanol–water partition coefficient (Wildman–Crippen LogP) is 1.36. The first-order valence-corrected chi connectivity index (χ1v) is 7.91. The molecule has 1 fully saturated rings. The molecule has 0 N–H and O–H groups in total. The molecule has 0 aliphatic carbocycles. The molecule has 7 heteroatoms. The van der Waals surface area contributed by atoms with Crippen molar-refractivity contribution < 1.29 is 4.52 Å². The van der Waals surface area contributed by atoms with E-state index in [1.807, 2.05) is 6.07 Å². The maximum atomic E-state index is 12.0. The van der Waals surface area contributed by atoms with Crippen molar-refractivity contribution in [3.63, 3.8) is 0 Å². The first-order valence-electron chi connectivity index (χ1n) is 7.91. The number of aryl methyl sites for hydroxylation is 1. The van der Waals surface area contributed by atoms with Crippen LogP contribution in [-0.2, 0) is 18.5 Å². The normalized spacial score (nSPS) is 16.5. The Balaban J connectivity index is 1.58.